The van der Waals surface area contributed by atoms with E-state index in [4.69, 9.17) is 9.47 Å². The van der Waals surface area contributed by atoms with Crippen LogP contribution in [0.2, 0.25) is 0 Å². The van der Waals surface area contributed by atoms with Crippen LogP contribution in [0.15, 0.2) is 97.1 Å². The first-order chi connectivity index (χ1) is 16.7. The van der Waals surface area contributed by atoms with E-state index in [0.717, 1.165) is 0 Å². The minimum absolute atomic E-state index is 0.139. The summed E-state index contributed by atoms with van der Waals surface area (Å²) in [5.74, 6) is 0. The molecular formula is C30H26N2O2. The van der Waals surface area contributed by atoms with E-state index in [1.54, 1.807) is 0 Å². The average molecular weight is 447 g/mol. The van der Waals surface area contributed by atoms with Gasteiger partial charge in [0.15, 0.2) is 12.5 Å². The first kappa shape index (κ1) is 19.8. The van der Waals surface area contributed by atoms with E-state index in [1.165, 1.54) is 43.6 Å². The van der Waals surface area contributed by atoms with Gasteiger partial charge in [0, 0.05) is 21.5 Å². The number of hydrogen-bond acceptors (Lipinski definition) is 2. The summed E-state index contributed by atoms with van der Waals surface area (Å²) in [7, 11) is 0. The number of aromatic nitrogens is 2. The molecule has 1 fully saturated rings. The molecule has 4 nitrogen and oxygen atoms in total. The summed E-state index contributed by atoms with van der Waals surface area (Å²) in [5, 5.41) is 4.97. The average Bonchev–Trinajstić information content (AvgIpc) is 3.39. The molecule has 3 heterocycles. The Morgan fingerprint density at radius 1 is 0.441 bits per heavy atom. The molecule has 0 radical (unpaired) electrons. The fraction of sp³-hybridized carbons (Fsp3) is 0.200. The second-order valence-electron chi connectivity index (χ2n) is 9.27. The highest BCUT2D eigenvalue weighted by Gasteiger charge is 2.38. The van der Waals surface area contributed by atoms with Gasteiger partial charge in [-0.2, -0.15) is 0 Å². The number of nitrogens with zero attached hydrogens (tertiary/aromatic N) is 2. The van der Waals surface area contributed by atoms with Gasteiger partial charge in [0.1, 0.15) is 12.2 Å². The lowest BCUT2D eigenvalue weighted by Crippen LogP contribution is -2.42. The standard InChI is InChI=1S/C30H26N2O2/c1-19-29(31-25-15-7-3-11-21(25)22-12-4-8-16-26(22)31)34-20(2)30(33-19)32-27-17-9-5-13-23(27)24-14-6-10-18-28(24)32/h3-20,29-30H,1-2H3/t19-,20+,29-,30+. The van der Waals surface area contributed by atoms with E-state index in [-0.39, 0.29) is 24.7 Å². The number of rotatable bonds is 2. The molecule has 7 rings (SSSR count). The molecule has 4 atom stereocenters. The number of benzene rings is 4. The van der Waals surface area contributed by atoms with Crippen LogP contribution in [-0.4, -0.2) is 21.3 Å². The molecule has 6 aromatic rings. The lowest BCUT2D eigenvalue weighted by molar-refractivity contribution is -0.254. The Labute approximate surface area is 197 Å². The Morgan fingerprint density at radius 3 is 1.00 bits per heavy atom. The number of para-hydroxylation sites is 4. The largest absolute Gasteiger partial charge is 0.348 e. The van der Waals surface area contributed by atoms with Crippen molar-refractivity contribution in [2.75, 3.05) is 0 Å². The van der Waals surface area contributed by atoms with E-state index in [1.807, 2.05) is 0 Å². The second kappa shape index (κ2) is 7.45. The van der Waals surface area contributed by atoms with Gasteiger partial charge in [-0.1, -0.05) is 72.8 Å². The van der Waals surface area contributed by atoms with Crippen LogP contribution < -0.4 is 0 Å². The van der Waals surface area contributed by atoms with Crippen LogP contribution in [0.3, 0.4) is 0 Å². The van der Waals surface area contributed by atoms with Gasteiger partial charge in [0.25, 0.3) is 0 Å². The van der Waals surface area contributed by atoms with Crippen molar-refractivity contribution in [1.82, 2.24) is 9.13 Å². The van der Waals surface area contributed by atoms with Crippen molar-refractivity contribution in [3.8, 4) is 0 Å². The summed E-state index contributed by atoms with van der Waals surface area (Å²) >= 11 is 0. The molecule has 0 N–H and O–H groups in total. The first-order valence-electron chi connectivity index (χ1n) is 12.0. The molecule has 1 aliphatic heterocycles. The topological polar surface area (TPSA) is 28.3 Å². The van der Waals surface area contributed by atoms with Gasteiger partial charge in [-0.05, 0) is 38.1 Å². The fourth-order valence-corrected chi connectivity index (χ4v) is 5.79. The van der Waals surface area contributed by atoms with E-state index in [2.05, 4.69) is 120 Å². The van der Waals surface area contributed by atoms with Crippen LogP contribution in [0.4, 0.5) is 0 Å². The molecule has 2 aromatic heterocycles. The zero-order valence-electron chi connectivity index (χ0n) is 19.3. The van der Waals surface area contributed by atoms with Gasteiger partial charge in [-0.3, -0.25) is 0 Å². The predicted molar refractivity (Wildman–Crippen MR) is 138 cm³/mol. The summed E-state index contributed by atoms with van der Waals surface area (Å²) < 4.78 is 18.2. The molecule has 168 valence electrons. The highest BCUT2D eigenvalue weighted by atomic mass is 16.6. The van der Waals surface area contributed by atoms with Gasteiger partial charge >= 0.3 is 0 Å². The first-order valence-corrected chi connectivity index (χ1v) is 12.0. The Bertz CT molecular complexity index is 1450. The predicted octanol–water partition coefficient (Wildman–Crippen LogP) is 7.42. The van der Waals surface area contributed by atoms with Crippen LogP contribution in [0, 0.1) is 0 Å². The Kier molecular flexibility index (Phi) is 4.35. The quantitative estimate of drug-likeness (QED) is 0.277. The van der Waals surface area contributed by atoms with Gasteiger partial charge in [-0.25, -0.2) is 0 Å². The van der Waals surface area contributed by atoms with Crippen LogP contribution in [0.25, 0.3) is 43.6 Å². The molecule has 4 heteroatoms. The monoisotopic (exact) mass is 446 g/mol. The van der Waals surface area contributed by atoms with Crippen molar-refractivity contribution in [3.63, 3.8) is 0 Å². The fourth-order valence-electron chi connectivity index (χ4n) is 5.79. The smallest absolute Gasteiger partial charge is 0.161 e. The summed E-state index contributed by atoms with van der Waals surface area (Å²) in [6, 6.07) is 34.2. The maximum absolute atomic E-state index is 6.81. The Balaban J connectivity index is 1.36. The highest BCUT2D eigenvalue weighted by Crippen LogP contribution is 2.42. The molecule has 1 aliphatic rings. The third kappa shape index (κ3) is 2.73. The highest BCUT2D eigenvalue weighted by molar-refractivity contribution is 6.09. The lowest BCUT2D eigenvalue weighted by Gasteiger charge is -2.41. The molecule has 0 spiro atoms. The summed E-state index contributed by atoms with van der Waals surface area (Å²) in [5.41, 5.74) is 4.69. The van der Waals surface area contributed by atoms with Crippen LogP contribution in [0.1, 0.15) is 26.3 Å². The van der Waals surface area contributed by atoms with Crippen LogP contribution in [-0.2, 0) is 9.47 Å². The number of fused-ring (bicyclic) bond motifs is 6. The molecule has 1 saturated heterocycles. The van der Waals surface area contributed by atoms with Gasteiger partial charge < -0.3 is 18.6 Å². The normalized spacial score (nSPS) is 23.4. The van der Waals surface area contributed by atoms with E-state index in [9.17, 15) is 0 Å². The second-order valence-corrected chi connectivity index (χ2v) is 9.27. The Morgan fingerprint density at radius 2 is 0.706 bits per heavy atom. The SMILES string of the molecule is C[C@@H]1O[C@@H](n2c3ccccc3c3ccccc32)[C@@H](C)O[C@@H]1n1c2ccccc2c2ccccc21. The molecule has 4 aromatic carbocycles. The van der Waals surface area contributed by atoms with Gasteiger partial charge in [0.2, 0.25) is 0 Å². The van der Waals surface area contributed by atoms with Crippen molar-refractivity contribution in [2.45, 2.75) is 38.5 Å². The minimum Gasteiger partial charge on any atom is -0.348 e. The maximum atomic E-state index is 6.81. The summed E-state index contributed by atoms with van der Waals surface area (Å²) in [6.45, 7) is 4.25. The van der Waals surface area contributed by atoms with Crippen LogP contribution in [0.5, 0.6) is 0 Å². The van der Waals surface area contributed by atoms with Crippen molar-refractivity contribution >= 4 is 43.6 Å². The zero-order chi connectivity index (χ0) is 22.8. The van der Waals surface area contributed by atoms with Crippen molar-refractivity contribution in [1.29, 1.82) is 0 Å². The lowest BCUT2D eigenvalue weighted by atomic mass is 10.2. The minimum atomic E-state index is -0.218. The maximum Gasteiger partial charge on any atom is 0.161 e. The van der Waals surface area contributed by atoms with Crippen LogP contribution >= 0.6 is 0 Å². The van der Waals surface area contributed by atoms with Crippen molar-refractivity contribution in [3.05, 3.63) is 97.1 Å². The summed E-state index contributed by atoms with van der Waals surface area (Å²) in [4.78, 5) is 0. The zero-order valence-corrected chi connectivity index (χ0v) is 19.3. The molecule has 0 saturated carbocycles. The molecule has 0 aliphatic carbocycles. The van der Waals surface area contributed by atoms with E-state index >= 15 is 0 Å². The Hall–Kier alpha value is -3.60. The van der Waals surface area contributed by atoms with Gasteiger partial charge in [0.05, 0.1) is 22.1 Å². The van der Waals surface area contributed by atoms with E-state index < -0.39 is 0 Å². The molecule has 34 heavy (non-hydrogen) atoms. The molecular weight excluding hydrogens is 420 g/mol. The molecule has 0 amide bonds. The third-order valence-electron chi connectivity index (χ3n) is 7.25. The van der Waals surface area contributed by atoms with E-state index in [0.29, 0.717) is 0 Å². The molecule has 0 unspecified atom stereocenters. The van der Waals surface area contributed by atoms with Gasteiger partial charge in [-0.15, -0.1) is 0 Å². The molecule has 0 bridgehead atoms. The van der Waals surface area contributed by atoms with Crippen molar-refractivity contribution in [2.24, 2.45) is 0 Å². The number of hydrogen-bond donors (Lipinski definition) is 0. The third-order valence-corrected chi connectivity index (χ3v) is 7.25. The summed E-state index contributed by atoms with van der Waals surface area (Å²) in [6.07, 6.45) is -0.714. The van der Waals surface area contributed by atoms with Crippen molar-refractivity contribution < 1.29 is 9.47 Å². The number of ether oxygens (including phenoxy) is 2.